The number of rotatable bonds is 4. The van der Waals surface area contributed by atoms with Crippen molar-refractivity contribution >= 4 is 17.7 Å². The summed E-state index contributed by atoms with van der Waals surface area (Å²) in [4.78, 5) is 12.3. The largest absolute Gasteiger partial charge is 0.486 e. The lowest BCUT2D eigenvalue weighted by molar-refractivity contribution is -0.0790. The number of amides is 1. The van der Waals surface area contributed by atoms with Crippen molar-refractivity contribution in [2.45, 2.75) is 12.3 Å². The van der Waals surface area contributed by atoms with Gasteiger partial charge in [0.05, 0.1) is 6.61 Å². The summed E-state index contributed by atoms with van der Waals surface area (Å²) in [5.41, 5.74) is 1.11. The number of carbonyl (C=O) groups excluding carboxylic acids is 1. The van der Waals surface area contributed by atoms with Gasteiger partial charge in [0.1, 0.15) is 6.61 Å². The molecule has 0 fully saturated rings. The van der Waals surface area contributed by atoms with Crippen LogP contribution in [-0.4, -0.2) is 36.5 Å². The van der Waals surface area contributed by atoms with Crippen LogP contribution in [0.25, 0.3) is 6.08 Å². The highest BCUT2D eigenvalue weighted by molar-refractivity contribution is 6.04. The average molecular weight is 379 g/mol. The zero-order valence-corrected chi connectivity index (χ0v) is 14.0. The molecule has 1 amide bonds. The van der Waals surface area contributed by atoms with Gasteiger partial charge in [-0.3, -0.25) is 4.79 Å². The molecule has 0 radical (unpaired) electrons. The Morgan fingerprint density at radius 2 is 1.93 bits per heavy atom. The monoisotopic (exact) mass is 379 g/mol. The summed E-state index contributed by atoms with van der Waals surface area (Å²) in [6, 6.07) is 10.6. The van der Waals surface area contributed by atoms with Gasteiger partial charge >= 0.3 is 6.18 Å². The van der Waals surface area contributed by atoms with Gasteiger partial charge in [0.15, 0.2) is 17.6 Å². The maximum Gasteiger partial charge on any atom is 0.409 e. The maximum atomic E-state index is 12.3. The number of hydrogen-bond acceptors (Lipinski definition) is 4. The average Bonchev–Trinajstić information content (AvgIpc) is 2.65. The smallest absolute Gasteiger partial charge is 0.409 e. The Morgan fingerprint density at radius 3 is 2.59 bits per heavy atom. The standard InChI is InChI=1S/C19H16F3NO4/c20-19(21,22)8-7-12-1-3-13(4-2-12)18(25)23-14-5-6-16-17(9-14)26-11-15(10-24)27-16/h1-9,15,24H,10-11H2,(H,23,25)/t15-/m0/s1. The summed E-state index contributed by atoms with van der Waals surface area (Å²) in [5, 5.41) is 11.8. The zero-order valence-electron chi connectivity index (χ0n) is 14.0. The second-order valence-electron chi connectivity index (χ2n) is 5.85. The summed E-state index contributed by atoms with van der Waals surface area (Å²) in [5.74, 6) is 0.510. The number of benzene rings is 2. The van der Waals surface area contributed by atoms with E-state index in [0.717, 1.165) is 6.08 Å². The van der Waals surface area contributed by atoms with Crippen molar-refractivity contribution in [1.82, 2.24) is 0 Å². The number of allylic oxidation sites excluding steroid dienone is 1. The number of halogens is 3. The molecule has 1 aliphatic rings. The third kappa shape index (κ3) is 5.01. The fourth-order valence-electron chi connectivity index (χ4n) is 2.42. The minimum Gasteiger partial charge on any atom is -0.486 e. The van der Waals surface area contributed by atoms with Crippen LogP contribution in [0, 0.1) is 0 Å². The Bertz CT molecular complexity index is 847. The molecule has 0 aromatic heterocycles. The Hall–Kier alpha value is -3.00. The van der Waals surface area contributed by atoms with Gasteiger partial charge in [0.25, 0.3) is 5.91 Å². The number of carbonyl (C=O) groups is 1. The van der Waals surface area contributed by atoms with E-state index < -0.39 is 18.2 Å². The summed E-state index contributed by atoms with van der Waals surface area (Å²) >= 11 is 0. The van der Waals surface area contributed by atoms with Crippen molar-refractivity contribution in [1.29, 1.82) is 0 Å². The third-order valence-electron chi connectivity index (χ3n) is 3.76. The summed E-state index contributed by atoms with van der Waals surface area (Å²) in [6.07, 6.45) is -3.74. The molecule has 1 atom stereocenters. The molecule has 1 heterocycles. The van der Waals surface area contributed by atoms with Crippen LogP contribution in [0.15, 0.2) is 48.5 Å². The predicted molar refractivity (Wildman–Crippen MR) is 92.9 cm³/mol. The lowest BCUT2D eigenvalue weighted by Gasteiger charge is -2.25. The first-order valence-corrected chi connectivity index (χ1v) is 8.06. The first-order chi connectivity index (χ1) is 12.8. The van der Waals surface area contributed by atoms with Crippen LogP contribution in [0.1, 0.15) is 15.9 Å². The molecule has 0 unspecified atom stereocenters. The second-order valence-corrected chi connectivity index (χ2v) is 5.85. The van der Waals surface area contributed by atoms with E-state index >= 15 is 0 Å². The lowest BCUT2D eigenvalue weighted by atomic mass is 10.1. The Balaban J connectivity index is 1.66. The van der Waals surface area contributed by atoms with Gasteiger partial charge in [-0.15, -0.1) is 0 Å². The highest BCUT2D eigenvalue weighted by Crippen LogP contribution is 2.34. The lowest BCUT2D eigenvalue weighted by Crippen LogP contribution is -2.32. The molecule has 2 N–H and O–H groups in total. The maximum absolute atomic E-state index is 12.3. The van der Waals surface area contributed by atoms with Crippen molar-refractivity contribution in [3.63, 3.8) is 0 Å². The van der Waals surface area contributed by atoms with Crippen molar-refractivity contribution < 1.29 is 32.5 Å². The molecule has 0 bridgehead atoms. The van der Waals surface area contributed by atoms with E-state index in [1.54, 1.807) is 18.2 Å². The highest BCUT2D eigenvalue weighted by atomic mass is 19.4. The van der Waals surface area contributed by atoms with Gasteiger partial charge in [-0.1, -0.05) is 18.2 Å². The molecule has 142 valence electrons. The van der Waals surface area contributed by atoms with Gasteiger partial charge < -0.3 is 19.9 Å². The van der Waals surface area contributed by atoms with Crippen molar-refractivity contribution in [2.75, 3.05) is 18.5 Å². The van der Waals surface area contributed by atoms with Crippen LogP contribution < -0.4 is 14.8 Å². The van der Waals surface area contributed by atoms with E-state index in [-0.39, 0.29) is 19.3 Å². The van der Waals surface area contributed by atoms with Crippen LogP contribution >= 0.6 is 0 Å². The normalized spacial score (nSPS) is 16.4. The topological polar surface area (TPSA) is 67.8 Å². The third-order valence-corrected chi connectivity index (χ3v) is 3.76. The Labute approximate surface area is 153 Å². The summed E-state index contributed by atoms with van der Waals surface area (Å²) in [7, 11) is 0. The van der Waals surface area contributed by atoms with Gasteiger partial charge in [0.2, 0.25) is 0 Å². The molecule has 5 nitrogen and oxygen atoms in total. The molecule has 2 aromatic carbocycles. The minimum atomic E-state index is -4.38. The molecule has 0 saturated heterocycles. The molecule has 0 spiro atoms. The van der Waals surface area contributed by atoms with Crippen LogP contribution in [-0.2, 0) is 0 Å². The fraction of sp³-hybridized carbons (Fsp3) is 0.211. The quantitative estimate of drug-likeness (QED) is 0.851. The summed E-state index contributed by atoms with van der Waals surface area (Å²) < 4.78 is 47.5. The summed E-state index contributed by atoms with van der Waals surface area (Å²) in [6.45, 7) is 0.0416. The van der Waals surface area contributed by atoms with Gasteiger partial charge in [0, 0.05) is 23.4 Å². The molecule has 0 aliphatic carbocycles. The minimum absolute atomic E-state index is 0.138. The van der Waals surface area contributed by atoms with Crippen molar-refractivity contribution in [3.8, 4) is 11.5 Å². The van der Waals surface area contributed by atoms with Gasteiger partial charge in [-0.2, -0.15) is 13.2 Å². The number of anilines is 1. The molecule has 2 aromatic rings. The van der Waals surface area contributed by atoms with Crippen molar-refractivity contribution in [2.24, 2.45) is 0 Å². The molecular weight excluding hydrogens is 363 g/mol. The van der Waals surface area contributed by atoms with Crippen LogP contribution in [0.5, 0.6) is 11.5 Å². The van der Waals surface area contributed by atoms with E-state index in [1.165, 1.54) is 24.3 Å². The van der Waals surface area contributed by atoms with E-state index in [2.05, 4.69) is 5.32 Å². The van der Waals surface area contributed by atoms with E-state index in [4.69, 9.17) is 14.6 Å². The highest BCUT2D eigenvalue weighted by Gasteiger charge is 2.22. The van der Waals surface area contributed by atoms with E-state index in [1.807, 2.05) is 0 Å². The Morgan fingerprint density at radius 1 is 1.19 bits per heavy atom. The Kier molecular flexibility index (Phi) is 5.36. The van der Waals surface area contributed by atoms with Crippen molar-refractivity contribution in [3.05, 3.63) is 59.7 Å². The van der Waals surface area contributed by atoms with E-state index in [0.29, 0.717) is 28.3 Å². The number of hydrogen-bond donors (Lipinski definition) is 2. The van der Waals surface area contributed by atoms with Crippen LogP contribution in [0.3, 0.4) is 0 Å². The number of aliphatic hydroxyl groups excluding tert-OH is 1. The number of alkyl halides is 3. The number of ether oxygens (including phenoxy) is 2. The van der Waals surface area contributed by atoms with E-state index in [9.17, 15) is 18.0 Å². The molecule has 1 aliphatic heterocycles. The predicted octanol–water partition coefficient (Wildman–Crippen LogP) is 3.65. The van der Waals surface area contributed by atoms with Gasteiger partial charge in [-0.05, 0) is 29.8 Å². The number of nitrogens with one attached hydrogen (secondary N) is 1. The first-order valence-electron chi connectivity index (χ1n) is 8.06. The number of aliphatic hydroxyl groups is 1. The zero-order chi connectivity index (χ0) is 19.4. The van der Waals surface area contributed by atoms with Crippen LogP contribution in [0.4, 0.5) is 18.9 Å². The SMILES string of the molecule is O=C(Nc1ccc2c(c1)OC[C@H](CO)O2)c1ccc(C=CC(F)(F)F)cc1. The molecule has 0 saturated carbocycles. The molecule has 8 heteroatoms. The first kappa shape index (κ1) is 18.8. The fourth-order valence-corrected chi connectivity index (χ4v) is 2.42. The molecular formula is C19H16F3NO4. The van der Waals surface area contributed by atoms with Gasteiger partial charge in [-0.25, -0.2) is 0 Å². The number of fused-ring (bicyclic) bond motifs is 1. The van der Waals surface area contributed by atoms with Crippen LogP contribution in [0.2, 0.25) is 0 Å². The molecule has 3 rings (SSSR count). The second kappa shape index (κ2) is 7.71. The molecule has 27 heavy (non-hydrogen) atoms.